The van der Waals surface area contributed by atoms with E-state index < -0.39 is 11.8 Å². The van der Waals surface area contributed by atoms with Gasteiger partial charge in [-0.3, -0.25) is 4.79 Å². The molecule has 0 aliphatic carbocycles. The molecule has 0 bridgehead atoms. The first kappa shape index (κ1) is 16.6. The van der Waals surface area contributed by atoms with Crippen molar-refractivity contribution < 1.29 is 28.8 Å². The quantitative estimate of drug-likeness (QED) is 0.213. The van der Waals surface area contributed by atoms with Gasteiger partial charge in [0.25, 0.3) is 0 Å². The first-order valence-electron chi connectivity index (χ1n) is 7.44. The Morgan fingerprint density at radius 3 is 2.68 bits per heavy atom. The van der Waals surface area contributed by atoms with Crippen LogP contribution in [0.3, 0.4) is 0 Å². The minimum absolute atomic E-state index is 0.0652. The van der Waals surface area contributed by atoms with E-state index in [9.17, 15) is 9.59 Å². The first-order chi connectivity index (χ1) is 12.2. The largest absolute Gasteiger partial charge is 0.497 e. The van der Waals surface area contributed by atoms with Crippen LogP contribution in [0.25, 0.3) is 0 Å². The maximum Gasteiger partial charge on any atom is 0.385 e. The third-order valence-corrected chi connectivity index (χ3v) is 3.50. The van der Waals surface area contributed by atoms with E-state index in [1.807, 2.05) is 0 Å². The van der Waals surface area contributed by atoms with Gasteiger partial charge in [-0.25, -0.2) is 4.79 Å². The molecule has 1 aliphatic rings. The monoisotopic (exact) mass is 338 g/mol. The molecule has 0 atom stereocenters. The molecule has 0 saturated heterocycles. The van der Waals surface area contributed by atoms with Crippen molar-refractivity contribution in [3.8, 4) is 23.3 Å². The van der Waals surface area contributed by atoms with Gasteiger partial charge in [-0.15, -0.1) is 0 Å². The minimum Gasteiger partial charge on any atom is -0.497 e. The van der Waals surface area contributed by atoms with Gasteiger partial charge in [0, 0.05) is 17.0 Å². The summed E-state index contributed by atoms with van der Waals surface area (Å²) in [5, 5.41) is 0. The second kappa shape index (κ2) is 7.51. The Morgan fingerprint density at radius 1 is 1.12 bits per heavy atom. The Labute approximate surface area is 144 Å². The normalized spacial score (nSPS) is 11.6. The zero-order chi connectivity index (χ0) is 17.6. The maximum absolute atomic E-state index is 12.0. The highest BCUT2D eigenvalue weighted by Crippen LogP contribution is 2.26. The predicted octanol–water partition coefficient (Wildman–Crippen LogP) is 2.45. The third-order valence-electron chi connectivity index (χ3n) is 3.50. The Morgan fingerprint density at radius 2 is 1.92 bits per heavy atom. The van der Waals surface area contributed by atoms with Crippen molar-refractivity contribution in [1.82, 2.24) is 0 Å². The Kier molecular flexibility index (Phi) is 4.97. The number of esters is 1. The number of ether oxygens (including phenoxy) is 2. The van der Waals surface area contributed by atoms with Gasteiger partial charge in [-0.2, -0.15) is 4.89 Å². The number of methoxy groups -OCH3 is 1. The van der Waals surface area contributed by atoms with E-state index in [0.717, 1.165) is 11.1 Å². The van der Waals surface area contributed by atoms with Gasteiger partial charge in [-0.05, 0) is 35.7 Å². The fourth-order valence-corrected chi connectivity index (χ4v) is 2.14. The molecule has 1 heterocycles. The van der Waals surface area contributed by atoms with Crippen molar-refractivity contribution in [2.45, 2.75) is 13.2 Å². The second-order valence-electron chi connectivity index (χ2n) is 5.17. The summed E-state index contributed by atoms with van der Waals surface area (Å²) < 4.78 is 10.1. The number of carbonyl (C=O) groups is 2. The number of hydrogen-bond acceptors (Lipinski definition) is 6. The van der Waals surface area contributed by atoms with E-state index in [2.05, 4.69) is 11.8 Å². The van der Waals surface area contributed by atoms with E-state index in [1.165, 1.54) is 6.07 Å². The van der Waals surface area contributed by atoms with Gasteiger partial charge in [0.2, 0.25) is 5.78 Å². The maximum atomic E-state index is 12.0. The molecule has 0 saturated carbocycles. The molecule has 2 aromatic carbocycles. The lowest BCUT2D eigenvalue weighted by molar-refractivity contribution is -0.194. The Hall–Kier alpha value is -3.30. The molecule has 6 nitrogen and oxygen atoms in total. The molecule has 2 aromatic rings. The lowest BCUT2D eigenvalue weighted by Crippen LogP contribution is -2.03. The zero-order valence-corrected chi connectivity index (χ0v) is 13.4. The van der Waals surface area contributed by atoms with E-state index in [-0.39, 0.29) is 6.61 Å². The predicted molar refractivity (Wildman–Crippen MR) is 86.8 cm³/mol. The molecule has 25 heavy (non-hydrogen) atoms. The van der Waals surface area contributed by atoms with Crippen LogP contribution < -0.4 is 9.62 Å². The number of carbonyl (C=O) groups excluding carboxylic acids is 2. The van der Waals surface area contributed by atoms with Gasteiger partial charge in [0.05, 0.1) is 7.11 Å². The third kappa shape index (κ3) is 4.16. The average molecular weight is 338 g/mol. The van der Waals surface area contributed by atoms with E-state index >= 15 is 0 Å². The van der Waals surface area contributed by atoms with E-state index in [1.54, 1.807) is 43.5 Å². The number of benzene rings is 2. The van der Waals surface area contributed by atoms with Crippen LogP contribution in [0.4, 0.5) is 0 Å². The Balaban J connectivity index is 1.56. The van der Waals surface area contributed by atoms with Crippen molar-refractivity contribution in [2.75, 3.05) is 7.11 Å². The molecule has 126 valence electrons. The summed E-state index contributed by atoms with van der Waals surface area (Å²) in [7, 11) is 1.57. The molecular formula is C19H14O6. The molecule has 3 rings (SSSR count). The summed E-state index contributed by atoms with van der Waals surface area (Å²) in [5.41, 5.74) is 1.96. The highest BCUT2D eigenvalue weighted by molar-refractivity contribution is 6.12. The van der Waals surface area contributed by atoms with E-state index in [0.29, 0.717) is 23.7 Å². The average Bonchev–Trinajstić information content (AvgIpc) is 3.12. The molecule has 0 aromatic heterocycles. The summed E-state index contributed by atoms with van der Waals surface area (Å²) in [5.74, 6) is 4.37. The van der Waals surface area contributed by atoms with Crippen molar-refractivity contribution in [3.63, 3.8) is 0 Å². The molecule has 0 N–H and O–H groups in total. The van der Waals surface area contributed by atoms with Crippen molar-refractivity contribution in [2.24, 2.45) is 0 Å². The zero-order valence-electron chi connectivity index (χ0n) is 13.4. The van der Waals surface area contributed by atoms with Crippen LogP contribution in [-0.4, -0.2) is 18.9 Å². The van der Waals surface area contributed by atoms with Gasteiger partial charge in [0.15, 0.2) is 5.75 Å². The lowest BCUT2D eigenvalue weighted by atomic mass is 10.1. The van der Waals surface area contributed by atoms with Crippen LogP contribution in [0.2, 0.25) is 0 Å². The number of rotatable bonds is 4. The van der Waals surface area contributed by atoms with Crippen LogP contribution in [0.5, 0.6) is 11.5 Å². The highest BCUT2D eigenvalue weighted by atomic mass is 17.2. The summed E-state index contributed by atoms with van der Waals surface area (Å²) in [4.78, 5) is 33.4. The summed E-state index contributed by atoms with van der Waals surface area (Å²) in [6.45, 7) is 0.406. The van der Waals surface area contributed by atoms with Crippen LogP contribution in [0.15, 0.2) is 42.5 Å². The van der Waals surface area contributed by atoms with Gasteiger partial charge in [0.1, 0.15) is 19.0 Å². The highest BCUT2D eigenvalue weighted by Gasteiger charge is 2.15. The summed E-state index contributed by atoms with van der Waals surface area (Å²) in [6.07, 6.45) is 0. The van der Waals surface area contributed by atoms with Crippen molar-refractivity contribution >= 4 is 11.8 Å². The number of ketones is 1. The summed E-state index contributed by atoms with van der Waals surface area (Å²) in [6, 6.07) is 11.9. The van der Waals surface area contributed by atoms with Gasteiger partial charge < -0.3 is 14.4 Å². The van der Waals surface area contributed by atoms with Crippen LogP contribution in [-0.2, 0) is 27.6 Å². The smallest absolute Gasteiger partial charge is 0.385 e. The SMILES string of the molecule is COc1ccc(COC(=O)C#CC(=O)c2ccc3c(c2)OOC3)cc1. The minimum atomic E-state index is -0.773. The molecule has 0 fully saturated rings. The van der Waals surface area contributed by atoms with Gasteiger partial charge in [-0.1, -0.05) is 18.2 Å². The van der Waals surface area contributed by atoms with E-state index in [4.69, 9.17) is 19.2 Å². The molecule has 0 amide bonds. The molecular weight excluding hydrogens is 324 g/mol. The molecule has 0 radical (unpaired) electrons. The van der Waals surface area contributed by atoms with Crippen molar-refractivity contribution in [1.29, 1.82) is 0 Å². The van der Waals surface area contributed by atoms with Crippen molar-refractivity contribution in [3.05, 3.63) is 59.2 Å². The second-order valence-corrected chi connectivity index (χ2v) is 5.17. The van der Waals surface area contributed by atoms with Crippen LogP contribution >= 0.6 is 0 Å². The molecule has 0 unspecified atom stereocenters. The standard InChI is InChI=1S/C19H14O6/c1-22-16-6-2-13(3-7-16)11-23-19(21)9-8-17(20)14-4-5-15-12-24-25-18(15)10-14/h2-7,10H,11-12H2,1H3. The first-order valence-corrected chi connectivity index (χ1v) is 7.44. The molecule has 6 heteroatoms. The Bertz CT molecular complexity index is 858. The number of fused-ring (bicyclic) bond motifs is 1. The lowest BCUT2D eigenvalue weighted by Gasteiger charge is -2.03. The number of hydrogen-bond donors (Lipinski definition) is 0. The molecule has 1 aliphatic heterocycles. The molecule has 0 spiro atoms. The topological polar surface area (TPSA) is 71.1 Å². The van der Waals surface area contributed by atoms with Crippen LogP contribution in [0.1, 0.15) is 21.5 Å². The van der Waals surface area contributed by atoms with Crippen LogP contribution in [0, 0.1) is 11.8 Å². The number of Topliss-reactive ketones (excluding diaryl/α,β-unsaturated/α-hetero) is 1. The van der Waals surface area contributed by atoms with Gasteiger partial charge >= 0.3 is 5.97 Å². The summed E-state index contributed by atoms with van der Waals surface area (Å²) >= 11 is 0. The fourth-order valence-electron chi connectivity index (χ4n) is 2.14. The fraction of sp³-hybridized carbons (Fsp3) is 0.158.